The van der Waals surface area contributed by atoms with Crippen LogP contribution < -0.4 is 58.6 Å². The van der Waals surface area contributed by atoms with Crippen molar-refractivity contribution in [3.63, 3.8) is 0 Å². The minimum absolute atomic E-state index is 0.621. The fraction of sp³-hybridized carbons (Fsp3) is 0.250. The third-order valence-electron chi connectivity index (χ3n) is 7.18. The van der Waals surface area contributed by atoms with E-state index in [-0.39, 0.29) is 0 Å². The van der Waals surface area contributed by atoms with Gasteiger partial charge in [-0.15, -0.1) is 0 Å². The zero-order chi connectivity index (χ0) is 30.9. The molecule has 0 aliphatic carbocycles. The van der Waals surface area contributed by atoms with Gasteiger partial charge in [-0.1, -0.05) is 24.3 Å². The summed E-state index contributed by atoms with van der Waals surface area (Å²) in [7, 11) is 7.31. The summed E-state index contributed by atoms with van der Waals surface area (Å²) in [6.45, 7) is 0. The van der Waals surface area contributed by atoms with Crippen LogP contribution in [-0.2, 0) is 4.12 Å². The van der Waals surface area contributed by atoms with Crippen LogP contribution in [0.3, 0.4) is 0 Å². The lowest BCUT2D eigenvalue weighted by atomic mass is 10.3. The van der Waals surface area contributed by atoms with E-state index < -0.39 is 18.1 Å². The van der Waals surface area contributed by atoms with E-state index in [4.69, 9.17) is 42.0 Å². The van der Waals surface area contributed by atoms with E-state index in [1.807, 2.05) is 72.8 Å². The Labute approximate surface area is 256 Å². The molecule has 0 fully saturated rings. The first-order valence-electron chi connectivity index (χ1n) is 13.5. The fourth-order valence-corrected chi connectivity index (χ4v) is 12.9. The van der Waals surface area contributed by atoms with E-state index in [0.29, 0.717) is 46.0 Å². The molecule has 43 heavy (non-hydrogen) atoms. The van der Waals surface area contributed by atoms with Gasteiger partial charge in [-0.2, -0.15) is 0 Å². The summed E-state index contributed by atoms with van der Waals surface area (Å²) in [5.74, 6) is 4.97. The second-order valence-electron chi connectivity index (χ2n) is 9.20. The Hall–Kier alpha value is -4.33. The summed E-state index contributed by atoms with van der Waals surface area (Å²) in [5.41, 5.74) is 0. The van der Waals surface area contributed by atoms with Crippen molar-refractivity contribution in [1.29, 1.82) is 0 Å². The van der Waals surface area contributed by atoms with E-state index >= 15 is 0 Å². The monoisotopic (exact) mass is 622 g/mol. The smallest absolute Gasteiger partial charge is 0.244 e. The van der Waals surface area contributed by atoms with Gasteiger partial charge in [-0.05, 0) is 48.5 Å². The van der Waals surface area contributed by atoms with E-state index in [1.54, 1.807) is 56.9 Å². The van der Waals surface area contributed by atoms with Gasteiger partial charge in [0.05, 0.1) is 77.6 Å². The summed E-state index contributed by atoms with van der Waals surface area (Å²) >= 11 is 0. The Bertz CT molecular complexity index is 1220. The minimum Gasteiger partial charge on any atom is -0.497 e. The highest BCUT2D eigenvalue weighted by Crippen LogP contribution is 2.28. The first-order chi connectivity index (χ1) is 21.0. The average Bonchev–Trinajstić information content (AvgIpc) is 3.07. The van der Waals surface area contributed by atoms with Crippen molar-refractivity contribution < 1.29 is 42.0 Å². The highest BCUT2D eigenvalue weighted by molar-refractivity contribution is 6.94. The van der Waals surface area contributed by atoms with Crippen molar-refractivity contribution in [1.82, 2.24) is 0 Å². The minimum atomic E-state index is -2.86. The third-order valence-corrected chi connectivity index (χ3v) is 13.7. The molecular formula is C32H38O9Si2. The molecule has 0 saturated carbocycles. The van der Waals surface area contributed by atoms with Gasteiger partial charge in [0.15, 0.2) is 0 Å². The molecule has 0 saturated heterocycles. The van der Waals surface area contributed by atoms with Crippen LogP contribution in [0.5, 0.6) is 46.0 Å². The molecule has 0 atom stereocenters. The third kappa shape index (κ3) is 6.24. The van der Waals surface area contributed by atoms with Crippen LogP contribution in [0.1, 0.15) is 0 Å². The van der Waals surface area contributed by atoms with Crippen LogP contribution in [-0.4, -0.2) is 75.0 Å². The predicted molar refractivity (Wildman–Crippen MR) is 172 cm³/mol. The van der Waals surface area contributed by atoms with Gasteiger partial charge in [0.25, 0.3) is 0 Å². The Kier molecular flexibility index (Phi) is 10.8. The van der Waals surface area contributed by atoms with Crippen LogP contribution in [0, 0.1) is 0 Å². The normalized spacial score (nSPS) is 10.8. The molecule has 0 amide bonds. The molecule has 0 bridgehead atoms. The first kappa shape index (κ1) is 31.6. The number of hydrogen-bond donors (Lipinski definition) is 0. The SMILES string of the molecule is COc1cccc(OC)c1[SiH](O[SiH](c1c(OC)cccc1OC)c1c(OC)cccc1OC)c1c(OC)cccc1OC. The maximum absolute atomic E-state index is 7.57. The average molecular weight is 623 g/mol. The topological polar surface area (TPSA) is 83.1 Å². The Morgan fingerprint density at radius 3 is 0.605 bits per heavy atom. The lowest BCUT2D eigenvalue weighted by molar-refractivity contribution is 0.393. The quantitative estimate of drug-likeness (QED) is 0.197. The molecule has 0 aliphatic heterocycles. The van der Waals surface area contributed by atoms with Crippen molar-refractivity contribution in [2.75, 3.05) is 56.9 Å². The van der Waals surface area contributed by atoms with Gasteiger partial charge < -0.3 is 42.0 Å². The number of hydrogen-bond acceptors (Lipinski definition) is 9. The van der Waals surface area contributed by atoms with Crippen LogP contribution >= 0.6 is 0 Å². The van der Waals surface area contributed by atoms with Crippen molar-refractivity contribution in [2.24, 2.45) is 0 Å². The van der Waals surface area contributed by atoms with Gasteiger partial charge in [0.1, 0.15) is 46.0 Å². The second-order valence-corrected chi connectivity index (χ2v) is 14.1. The zero-order valence-electron chi connectivity index (χ0n) is 25.8. The van der Waals surface area contributed by atoms with E-state index in [9.17, 15) is 0 Å². The second kappa shape index (κ2) is 14.7. The van der Waals surface area contributed by atoms with Crippen LogP contribution in [0.25, 0.3) is 0 Å². The maximum atomic E-state index is 7.57. The highest BCUT2D eigenvalue weighted by Gasteiger charge is 2.39. The molecule has 0 spiro atoms. The number of methoxy groups -OCH3 is 8. The Morgan fingerprint density at radius 1 is 0.302 bits per heavy atom. The Balaban J connectivity index is 2.15. The van der Waals surface area contributed by atoms with Gasteiger partial charge in [0, 0.05) is 0 Å². The maximum Gasteiger partial charge on any atom is 0.244 e. The van der Waals surface area contributed by atoms with Gasteiger partial charge in [-0.3, -0.25) is 0 Å². The standard InChI is InChI=1S/C32H38O9Si2/c1-33-21-13-9-14-22(34-2)29(21)42(30-23(35-3)15-10-16-24(30)36-4)41-43(31-25(37-5)17-11-18-26(31)38-6)32-27(39-7)19-12-20-28(32)40-8/h9-20,42-43H,1-8H3. The summed E-state index contributed by atoms with van der Waals surface area (Å²) < 4.78 is 54.9. The molecule has 0 unspecified atom stereocenters. The number of benzene rings is 4. The van der Waals surface area contributed by atoms with E-state index in [1.165, 1.54) is 0 Å². The van der Waals surface area contributed by atoms with Crippen LogP contribution in [0.4, 0.5) is 0 Å². The van der Waals surface area contributed by atoms with Crippen molar-refractivity contribution in [3.8, 4) is 46.0 Å². The number of rotatable bonds is 14. The summed E-state index contributed by atoms with van der Waals surface area (Å²) in [5, 5.41) is 3.15. The molecule has 0 aliphatic rings. The molecule has 4 aromatic carbocycles. The van der Waals surface area contributed by atoms with E-state index in [2.05, 4.69) is 0 Å². The fourth-order valence-electron chi connectivity index (χ4n) is 5.25. The predicted octanol–water partition coefficient (Wildman–Crippen LogP) is 2.15. The van der Waals surface area contributed by atoms with Crippen molar-refractivity contribution in [3.05, 3.63) is 72.8 Å². The van der Waals surface area contributed by atoms with Crippen LogP contribution in [0.2, 0.25) is 0 Å². The summed E-state index contributed by atoms with van der Waals surface area (Å²) in [4.78, 5) is 0. The molecule has 0 N–H and O–H groups in total. The lowest BCUT2D eigenvalue weighted by Crippen LogP contribution is -2.57. The molecular weight excluding hydrogens is 585 g/mol. The van der Waals surface area contributed by atoms with Crippen LogP contribution in [0.15, 0.2) is 72.8 Å². The molecule has 0 aromatic heterocycles. The number of ether oxygens (including phenoxy) is 8. The first-order valence-corrected chi connectivity index (χ1v) is 16.8. The van der Waals surface area contributed by atoms with Crippen molar-refractivity contribution >= 4 is 38.8 Å². The molecule has 4 aromatic rings. The molecule has 9 nitrogen and oxygen atoms in total. The largest absolute Gasteiger partial charge is 0.497 e. The molecule has 11 heteroatoms. The van der Waals surface area contributed by atoms with Crippen molar-refractivity contribution in [2.45, 2.75) is 0 Å². The molecule has 228 valence electrons. The molecule has 4 rings (SSSR count). The lowest BCUT2D eigenvalue weighted by Gasteiger charge is -2.31. The van der Waals surface area contributed by atoms with E-state index in [0.717, 1.165) is 20.7 Å². The highest BCUT2D eigenvalue weighted by atomic mass is 28.4. The summed E-state index contributed by atoms with van der Waals surface area (Å²) in [6.07, 6.45) is 0. The van der Waals surface area contributed by atoms with Gasteiger partial charge >= 0.3 is 0 Å². The van der Waals surface area contributed by atoms with Gasteiger partial charge in [0.2, 0.25) is 18.1 Å². The van der Waals surface area contributed by atoms with Gasteiger partial charge in [-0.25, -0.2) is 0 Å². The Morgan fingerprint density at radius 2 is 0.465 bits per heavy atom. The summed E-state index contributed by atoms with van der Waals surface area (Å²) in [6, 6.07) is 22.7. The molecule has 0 heterocycles. The zero-order valence-corrected chi connectivity index (χ0v) is 28.1. The molecule has 0 radical (unpaired) electrons.